The molecule has 1 heterocycles. The normalized spacial score (nSPS) is 16.0. The number of piperidine rings is 1. The van der Waals surface area contributed by atoms with Gasteiger partial charge in [-0.1, -0.05) is 38.1 Å². The molecule has 1 amide bonds. The number of nitrogens with zero attached hydrogens (tertiary/aromatic N) is 2. The van der Waals surface area contributed by atoms with Crippen molar-refractivity contribution in [1.82, 2.24) is 9.21 Å². The van der Waals surface area contributed by atoms with Crippen molar-refractivity contribution in [3.63, 3.8) is 0 Å². The molecule has 0 unspecified atom stereocenters. The van der Waals surface area contributed by atoms with E-state index in [0.29, 0.717) is 31.1 Å². The highest BCUT2D eigenvalue weighted by molar-refractivity contribution is 7.89. The Labute approximate surface area is 174 Å². The molecule has 1 saturated heterocycles. The maximum absolute atomic E-state index is 12.8. The molecule has 1 aliphatic heterocycles. The number of amides is 1. The van der Waals surface area contributed by atoms with E-state index in [0.717, 1.165) is 24.8 Å². The van der Waals surface area contributed by atoms with E-state index in [2.05, 4.69) is 26.0 Å². The largest absolute Gasteiger partial charge is 0.337 e. The highest BCUT2D eigenvalue weighted by Crippen LogP contribution is 2.24. The molecule has 1 aliphatic rings. The Morgan fingerprint density at radius 2 is 1.55 bits per heavy atom. The van der Waals surface area contributed by atoms with E-state index >= 15 is 0 Å². The molecule has 0 bridgehead atoms. The maximum Gasteiger partial charge on any atom is 0.253 e. The molecule has 1 fully saturated rings. The van der Waals surface area contributed by atoms with Crippen LogP contribution in [0.1, 0.15) is 48.2 Å². The number of aryl methyl sites for hydroxylation is 1. The van der Waals surface area contributed by atoms with Crippen molar-refractivity contribution in [2.24, 2.45) is 5.92 Å². The average molecular weight is 415 g/mol. The first-order valence-corrected chi connectivity index (χ1v) is 11.7. The van der Waals surface area contributed by atoms with Crippen molar-refractivity contribution in [3.05, 3.63) is 65.2 Å². The first kappa shape index (κ1) is 21.5. The summed E-state index contributed by atoms with van der Waals surface area (Å²) in [6.07, 6.45) is 2.76. The Morgan fingerprint density at radius 3 is 2.10 bits per heavy atom. The number of rotatable bonds is 6. The van der Waals surface area contributed by atoms with Crippen molar-refractivity contribution >= 4 is 15.9 Å². The lowest BCUT2D eigenvalue weighted by Gasteiger charge is -2.29. The zero-order valence-electron chi connectivity index (χ0n) is 17.5. The molecule has 0 spiro atoms. The molecule has 2 aromatic rings. The van der Waals surface area contributed by atoms with Crippen molar-refractivity contribution in [1.29, 1.82) is 0 Å². The van der Waals surface area contributed by atoms with Crippen molar-refractivity contribution in [2.75, 3.05) is 20.1 Å². The predicted octanol–water partition coefficient (Wildman–Crippen LogP) is 3.94. The van der Waals surface area contributed by atoms with Crippen LogP contribution >= 0.6 is 0 Å². The standard InChI is InChI=1S/C23H30N2O3S/c1-4-19-5-7-20(8-6-19)17-24(3)23(26)21-9-11-22(12-10-21)29(27,28)25-15-13-18(2)14-16-25/h5-12,18H,4,13-17H2,1-3H3. The molecule has 156 valence electrons. The molecule has 6 heteroatoms. The number of benzene rings is 2. The van der Waals surface area contributed by atoms with E-state index in [1.165, 1.54) is 5.56 Å². The topological polar surface area (TPSA) is 57.7 Å². The zero-order valence-corrected chi connectivity index (χ0v) is 18.3. The van der Waals surface area contributed by atoms with Gasteiger partial charge in [0.25, 0.3) is 5.91 Å². The summed E-state index contributed by atoms with van der Waals surface area (Å²) in [5, 5.41) is 0. The third-order valence-corrected chi connectivity index (χ3v) is 7.59. The van der Waals surface area contributed by atoms with Crippen LogP contribution < -0.4 is 0 Å². The Kier molecular flexibility index (Phi) is 6.75. The maximum atomic E-state index is 12.8. The monoisotopic (exact) mass is 414 g/mol. The van der Waals surface area contributed by atoms with E-state index in [-0.39, 0.29) is 10.8 Å². The summed E-state index contributed by atoms with van der Waals surface area (Å²) in [5.41, 5.74) is 2.82. The third-order valence-electron chi connectivity index (χ3n) is 5.68. The SMILES string of the molecule is CCc1ccc(CN(C)C(=O)c2ccc(S(=O)(=O)N3CCC(C)CC3)cc2)cc1. The second-order valence-electron chi connectivity index (χ2n) is 7.94. The first-order valence-electron chi connectivity index (χ1n) is 10.2. The van der Waals surface area contributed by atoms with Crippen molar-refractivity contribution in [2.45, 2.75) is 44.6 Å². The van der Waals surface area contributed by atoms with Crippen LogP contribution in [0.4, 0.5) is 0 Å². The van der Waals surface area contributed by atoms with Gasteiger partial charge in [0.15, 0.2) is 0 Å². The fourth-order valence-corrected chi connectivity index (χ4v) is 5.06. The van der Waals surface area contributed by atoms with Crippen LogP contribution in [0.2, 0.25) is 0 Å². The van der Waals surface area contributed by atoms with E-state index in [1.807, 2.05) is 12.1 Å². The molecular formula is C23H30N2O3S. The van der Waals surface area contributed by atoms with Crippen LogP contribution in [-0.2, 0) is 23.0 Å². The second kappa shape index (κ2) is 9.09. The summed E-state index contributed by atoms with van der Waals surface area (Å²) < 4.78 is 27.2. The summed E-state index contributed by atoms with van der Waals surface area (Å²) in [6.45, 7) is 5.89. The van der Waals surface area contributed by atoms with Crippen LogP contribution in [-0.4, -0.2) is 43.7 Å². The summed E-state index contributed by atoms with van der Waals surface area (Å²) in [5.74, 6) is 0.440. The molecular weight excluding hydrogens is 384 g/mol. The van der Waals surface area contributed by atoms with Gasteiger partial charge >= 0.3 is 0 Å². The van der Waals surface area contributed by atoms with Crippen LogP contribution in [0.5, 0.6) is 0 Å². The summed E-state index contributed by atoms with van der Waals surface area (Å²) in [6, 6.07) is 14.5. The molecule has 0 atom stereocenters. The fourth-order valence-electron chi connectivity index (χ4n) is 3.59. The molecule has 5 nitrogen and oxygen atoms in total. The van der Waals surface area contributed by atoms with Gasteiger partial charge in [-0.3, -0.25) is 4.79 Å². The molecule has 0 aliphatic carbocycles. The number of carbonyl (C=O) groups excluding carboxylic acids is 1. The van der Waals surface area contributed by atoms with Crippen molar-refractivity contribution < 1.29 is 13.2 Å². The average Bonchev–Trinajstić information content (AvgIpc) is 2.74. The Hall–Kier alpha value is -2.18. The van der Waals surface area contributed by atoms with Gasteiger partial charge in [-0.25, -0.2) is 8.42 Å². The van der Waals surface area contributed by atoms with E-state index in [9.17, 15) is 13.2 Å². The Morgan fingerprint density at radius 1 is 1.00 bits per heavy atom. The molecule has 3 rings (SSSR count). The third kappa shape index (κ3) is 5.06. The van der Waals surface area contributed by atoms with E-state index in [1.54, 1.807) is 40.5 Å². The van der Waals surface area contributed by atoms with E-state index in [4.69, 9.17) is 0 Å². The van der Waals surface area contributed by atoms with Gasteiger partial charge < -0.3 is 4.90 Å². The number of carbonyl (C=O) groups is 1. The van der Waals surface area contributed by atoms with Crippen molar-refractivity contribution in [3.8, 4) is 0 Å². The smallest absolute Gasteiger partial charge is 0.253 e. The summed E-state index contributed by atoms with van der Waals surface area (Å²) >= 11 is 0. The number of hydrogen-bond donors (Lipinski definition) is 0. The molecule has 2 aromatic carbocycles. The quantitative estimate of drug-likeness (QED) is 0.719. The summed E-state index contributed by atoms with van der Waals surface area (Å²) in [7, 11) is -1.74. The van der Waals surface area contributed by atoms with Crippen LogP contribution in [0, 0.1) is 5.92 Å². The first-order chi connectivity index (χ1) is 13.8. The highest BCUT2D eigenvalue weighted by atomic mass is 32.2. The molecule has 0 aromatic heterocycles. The van der Waals surface area contributed by atoms with E-state index < -0.39 is 10.0 Å². The lowest BCUT2D eigenvalue weighted by atomic mass is 10.0. The lowest BCUT2D eigenvalue weighted by molar-refractivity contribution is 0.0785. The summed E-state index contributed by atoms with van der Waals surface area (Å²) in [4.78, 5) is 14.6. The molecule has 0 radical (unpaired) electrons. The Bertz CT molecular complexity index is 929. The predicted molar refractivity (Wildman–Crippen MR) is 115 cm³/mol. The van der Waals surface area contributed by atoms with Gasteiger partial charge in [0.2, 0.25) is 10.0 Å². The van der Waals surface area contributed by atoms with Gasteiger partial charge in [-0.2, -0.15) is 4.31 Å². The minimum atomic E-state index is -3.49. The van der Waals surface area contributed by atoms with Gasteiger partial charge in [-0.15, -0.1) is 0 Å². The fraction of sp³-hybridized carbons (Fsp3) is 0.435. The van der Waals surface area contributed by atoms with Gasteiger partial charge in [0.1, 0.15) is 0 Å². The molecule has 0 saturated carbocycles. The van der Waals surface area contributed by atoms with Gasteiger partial charge in [0, 0.05) is 32.2 Å². The minimum Gasteiger partial charge on any atom is -0.337 e. The minimum absolute atomic E-state index is 0.125. The molecule has 0 N–H and O–H groups in total. The number of sulfonamides is 1. The number of hydrogen-bond acceptors (Lipinski definition) is 3. The van der Waals surface area contributed by atoms with Crippen LogP contribution in [0.15, 0.2) is 53.4 Å². The zero-order chi connectivity index (χ0) is 21.0. The van der Waals surface area contributed by atoms with Crippen LogP contribution in [0.3, 0.4) is 0 Å². The van der Waals surface area contributed by atoms with Gasteiger partial charge in [0.05, 0.1) is 4.90 Å². The lowest BCUT2D eigenvalue weighted by Crippen LogP contribution is -2.37. The van der Waals surface area contributed by atoms with Gasteiger partial charge in [-0.05, 0) is 60.6 Å². The Balaban J connectivity index is 1.67. The highest BCUT2D eigenvalue weighted by Gasteiger charge is 2.28. The molecule has 29 heavy (non-hydrogen) atoms. The van der Waals surface area contributed by atoms with Crippen LogP contribution in [0.25, 0.3) is 0 Å². The second-order valence-corrected chi connectivity index (χ2v) is 9.88.